The molecule has 1 aromatic carbocycles. The van der Waals surface area contributed by atoms with Gasteiger partial charge in [-0.05, 0) is 18.6 Å². The van der Waals surface area contributed by atoms with Gasteiger partial charge in [-0.25, -0.2) is 0 Å². The first-order chi connectivity index (χ1) is 5.38. The summed E-state index contributed by atoms with van der Waals surface area (Å²) in [4.78, 5) is 0. The van der Waals surface area contributed by atoms with Crippen molar-refractivity contribution >= 4 is 0 Å². The average Bonchev–Trinajstić information content (AvgIpc) is 2.83. The average molecular weight is 148 g/mol. The molecule has 1 heteroatoms. The summed E-state index contributed by atoms with van der Waals surface area (Å²) in [5.41, 5.74) is 0. The molecule has 0 amide bonds. The van der Waals surface area contributed by atoms with E-state index >= 15 is 0 Å². The molecule has 0 unspecified atom stereocenters. The summed E-state index contributed by atoms with van der Waals surface area (Å²) in [6, 6.07) is 7.84. The number of allylic oxidation sites excluding steroid dienone is 1. The van der Waals surface area contributed by atoms with Gasteiger partial charge in [0.1, 0.15) is 0 Å². The summed E-state index contributed by atoms with van der Waals surface area (Å²) in [5, 5.41) is 0. The molecule has 1 heterocycles. The van der Waals surface area contributed by atoms with Crippen molar-refractivity contribution < 1.29 is 4.74 Å². The van der Waals surface area contributed by atoms with Gasteiger partial charge in [-0.1, -0.05) is 25.1 Å². The fourth-order valence-corrected chi connectivity index (χ4v) is 0.611. The minimum Gasteiger partial charge on any atom is -0.450 e. The highest BCUT2D eigenvalue weighted by Crippen LogP contribution is 2.43. The molecule has 0 aliphatic carbocycles. The first-order valence-corrected chi connectivity index (χ1v) is 3.76. The van der Waals surface area contributed by atoms with E-state index in [0.717, 1.165) is 17.9 Å². The van der Waals surface area contributed by atoms with E-state index in [1.165, 1.54) is 0 Å². The minimum absolute atomic E-state index is 1.03. The van der Waals surface area contributed by atoms with Crippen molar-refractivity contribution in [3.63, 3.8) is 0 Å². The topological polar surface area (TPSA) is 12.5 Å². The second-order valence-corrected chi connectivity index (χ2v) is 2.25. The van der Waals surface area contributed by atoms with Crippen LogP contribution in [-0.4, -0.2) is 0 Å². The Balaban J connectivity index is 0.000000134. The van der Waals surface area contributed by atoms with Crippen LogP contribution in [0.5, 0.6) is 11.5 Å². The zero-order valence-corrected chi connectivity index (χ0v) is 6.71. The lowest BCUT2D eigenvalue weighted by molar-refractivity contribution is 0.650. The van der Waals surface area contributed by atoms with Gasteiger partial charge >= 0.3 is 0 Å². The fourth-order valence-electron chi connectivity index (χ4n) is 0.611. The second-order valence-electron chi connectivity index (χ2n) is 2.25. The van der Waals surface area contributed by atoms with Crippen LogP contribution in [0.1, 0.15) is 13.3 Å². The van der Waals surface area contributed by atoms with E-state index in [9.17, 15) is 0 Å². The summed E-state index contributed by atoms with van der Waals surface area (Å²) < 4.78 is 4.94. The first-order valence-electron chi connectivity index (χ1n) is 3.76. The van der Waals surface area contributed by atoms with Gasteiger partial charge in [0.05, 0.1) is 0 Å². The molecule has 1 nitrogen and oxygen atoms in total. The van der Waals surface area contributed by atoms with Gasteiger partial charge in [0.15, 0.2) is 11.5 Å². The van der Waals surface area contributed by atoms with E-state index in [2.05, 4.69) is 13.5 Å². The van der Waals surface area contributed by atoms with E-state index in [0.29, 0.717) is 0 Å². The Kier molecular flexibility index (Phi) is 2.73. The lowest BCUT2D eigenvalue weighted by Crippen LogP contribution is -1.37. The van der Waals surface area contributed by atoms with E-state index in [1.54, 1.807) is 0 Å². The van der Waals surface area contributed by atoms with Gasteiger partial charge in [-0.15, -0.1) is 6.58 Å². The number of hydrogen-bond acceptors (Lipinski definition) is 1. The molecule has 0 bridgehead atoms. The van der Waals surface area contributed by atoms with E-state index in [1.807, 2.05) is 30.3 Å². The Morgan fingerprint density at radius 2 is 1.82 bits per heavy atom. The molecule has 2 rings (SSSR count). The standard InChI is InChI=1S/C6H4O.C4H8/c1-2-4-6-5(3-1)7-6;1-3-4-2/h1-4H;3H,1,4H2,2H3. The molecule has 11 heavy (non-hydrogen) atoms. The van der Waals surface area contributed by atoms with Gasteiger partial charge in [0.2, 0.25) is 0 Å². The maximum atomic E-state index is 4.94. The first kappa shape index (κ1) is 7.86. The monoisotopic (exact) mass is 148 g/mol. The third-order valence-electron chi connectivity index (χ3n) is 1.32. The van der Waals surface area contributed by atoms with Crippen molar-refractivity contribution in [1.82, 2.24) is 0 Å². The maximum absolute atomic E-state index is 4.94. The predicted molar refractivity (Wildman–Crippen MR) is 47.0 cm³/mol. The summed E-state index contributed by atoms with van der Waals surface area (Å²) in [6.07, 6.45) is 2.96. The lowest BCUT2D eigenvalue weighted by Gasteiger charge is -1.61. The van der Waals surface area contributed by atoms with Crippen LogP contribution < -0.4 is 4.74 Å². The minimum atomic E-state index is 1.03. The van der Waals surface area contributed by atoms with Crippen molar-refractivity contribution in [2.75, 3.05) is 0 Å². The number of hydrogen-bond donors (Lipinski definition) is 0. The highest BCUT2D eigenvalue weighted by molar-refractivity contribution is 5.53. The Morgan fingerprint density at radius 1 is 1.36 bits per heavy atom. The zero-order valence-electron chi connectivity index (χ0n) is 6.71. The van der Waals surface area contributed by atoms with Crippen LogP contribution >= 0.6 is 0 Å². The number of fused-ring (bicyclic) bond motifs is 1. The molecular formula is C10H12O. The number of ether oxygens (including phenoxy) is 1. The molecule has 0 atom stereocenters. The van der Waals surface area contributed by atoms with Crippen LogP contribution in [0.4, 0.5) is 0 Å². The quantitative estimate of drug-likeness (QED) is 0.446. The molecule has 0 N–H and O–H groups in total. The second kappa shape index (κ2) is 3.81. The van der Waals surface area contributed by atoms with Crippen LogP contribution in [0.2, 0.25) is 0 Å². The number of para-hydroxylation sites is 2. The third kappa shape index (κ3) is 2.46. The van der Waals surface area contributed by atoms with Gasteiger partial charge in [-0.3, -0.25) is 0 Å². The highest BCUT2D eigenvalue weighted by atomic mass is 16.6. The molecule has 1 aliphatic heterocycles. The molecule has 58 valence electrons. The lowest BCUT2D eigenvalue weighted by atomic mass is 10.4. The molecule has 0 saturated carbocycles. The Bertz CT molecular complexity index is 219. The Morgan fingerprint density at radius 3 is 2.09 bits per heavy atom. The maximum Gasteiger partial charge on any atom is 0.170 e. The SMILES string of the molecule is C=CCC.c1ccc2c(c1)O2. The van der Waals surface area contributed by atoms with Crippen LogP contribution in [0.15, 0.2) is 36.9 Å². The molecule has 1 aliphatic rings. The Labute approximate surface area is 67.3 Å². The number of benzene rings is 1. The molecule has 0 saturated heterocycles. The Hall–Kier alpha value is -1.24. The number of rotatable bonds is 1. The molecule has 1 aromatic rings. The van der Waals surface area contributed by atoms with Crippen LogP contribution in [0, 0.1) is 0 Å². The van der Waals surface area contributed by atoms with E-state index < -0.39 is 0 Å². The summed E-state index contributed by atoms with van der Waals surface area (Å²) in [6.45, 7) is 5.54. The molecule has 0 spiro atoms. The van der Waals surface area contributed by atoms with Crippen molar-refractivity contribution in [1.29, 1.82) is 0 Å². The van der Waals surface area contributed by atoms with Crippen LogP contribution in [-0.2, 0) is 0 Å². The van der Waals surface area contributed by atoms with Gasteiger partial charge in [0, 0.05) is 0 Å². The van der Waals surface area contributed by atoms with Gasteiger partial charge < -0.3 is 4.74 Å². The van der Waals surface area contributed by atoms with Crippen molar-refractivity contribution in [3.05, 3.63) is 36.9 Å². The largest absolute Gasteiger partial charge is 0.450 e. The van der Waals surface area contributed by atoms with Crippen LogP contribution in [0.25, 0.3) is 0 Å². The van der Waals surface area contributed by atoms with Gasteiger partial charge in [0.25, 0.3) is 0 Å². The zero-order chi connectivity index (χ0) is 8.10. The third-order valence-corrected chi connectivity index (χ3v) is 1.32. The van der Waals surface area contributed by atoms with E-state index in [4.69, 9.17) is 4.74 Å². The van der Waals surface area contributed by atoms with Gasteiger partial charge in [-0.2, -0.15) is 0 Å². The smallest absolute Gasteiger partial charge is 0.170 e. The molecule has 0 radical (unpaired) electrons. The van der Waals surface area contributed by atoms with Crippen molar-refractivity contribution in [2.24, 2.45) is 0 Å². The van der Waals surface area contributed by atoms with Crippen molar-refractivity contribution in [3.8, 4) is 11.5 Å². The normalized spacial score (nSPS) is 9.91. The van der Waals surface area contributed by atoms with Crippen molar-refractivity contribution in [2.45, 2.75) is 13.3 Å². The molecular weight excluding hydrogens is 136 g/mol. The van der Waals surface area contributed by atoms with E-state index in [-0.39, 0.29) is 0 Å². The summed E-state index contributed by atoms with van der Waals surface area (Å²) >= 11 is 0. The summed E-state index contributed by atoms with van der Waals surface area (Å²) in [7, 11) is 0. The summed E-state index contributed by atoms with van der Waals surface area (Å²) in [5.74, 6) is 2.06. The predicted octanol–water partition coefficient (Wildman–Crippen LogP) is 3.37. The molecule has 0 aromatic heterocycles. The molecule has 0 fully saturated rings. The highest BCUT2D eigenvalue weighted by Gasteiger charge is 2.15. The van der Waals surface area contributed by atoms with Crippen LogP contribution in [0.3, 0.4) is 0 Å². The fraction of sp³-hybridized carbons (Fsp3) is 0.200.